The second-order valence-corrected chi connectivity index (χ2v) is 5.38. The molecule has 1 aromatic rings. The first-order valence-corrected chi connectivity index (χ1v) is 6.65. The number of benzene rings is 1. The van der Waals surface area contributed by atoms with Crippen molar-refractivity contribution >= 4 is 27.5 Å². The smallest absolute Gasteiger partial charge is 0.142 e. The molecule has 15 heavy (non-hydrogen) atoms. The molecule has 2 rings (SSSR count). The van der Waals surface area contributed by atoms with Gasteiger partial charge in [-0.1, -0.05) is 40.0 Å². The van der Waals surface area contributed by atoms with Gasteiger partial charge in [-0.05, 0) is 42.4 Å². The Bertz CT molecular complexity index is 355. The number of hydrogen-bond acceptors (Lipinski definition) is 0. The van der Waals surface area contributed by atoms with Gasteiger partial charge in [0.2, 0.25) is 0 Å². The number of alkyl halides is 1. The molecule has 1 aromatic carbocycles. The zero-order chi connectivity index (χ0) is 10.9. The van der Waals surface area contributed by atoms with Gasteiger partial charge in [0.05, 0.1) is 5.02 Å². The highest BCUT2D eigenvalue weighted by Crippen LogP contribution is 2.45. The Balaban J connectivity index is 2.13. The van der Waals surface area contributed by atoms with Gasteiger partial charge >= 0.3 is 0 Å². The first-order chi connectivity index (χ1) is 7.15. The molecule has 0 spiro atoms. The topological polar surface area (TPSA) is 0 Å². The largest absolute Gasteiger partial charge is 0.205 e. The average Bonchev–Trinajstić information content (AvgIpc) is 2.17. The molecule has 82 valence electrons. The van der Waals surface area contributed by atoms with E-state index in [-0.39, 0.29) is 10.8 Å². The van der Waals surface area contributed by atoms with Crippen LogP contribution in [0.1, 0.15) is 24.8 Å². The molecule has 1 fully saturated rings. The van der Waals surface area contributed by atoms with Gasteiger partial charge < -0.3 is 0 Å². The molecule has 1 aliphatic carbocycles. The minimum Gasteiger partial charge on any atom is -0.205 e. The van der Waals surface area contributed by atoms with Gasteiger partial charge in [0.15, 0.2) is 0 Å². The Morgan fingerprint density at radius 2 is 2.13 bits per heavy atom. The van der Waals surface area contributed by atoms with Crippen LogP contribution in [-0.4, -0.2) is 5.33 Å². The average molecular weight is 292 g/mol. The maximum absolute atomic E-state index is 13.2. The highest BCUT2D eigenvalue weighted by Gasteiger charge is 2.35. The van der Waals surface area contributed by atoms with E-state index in [0.29, 0.717) is 5.41 Å². The van der Waals surface area contributed by atoms with Crippen LogP contribution in [-0.2, 0) is 6.42 Å². The van der Waals surface area contributed by atoms with Crippen molar-refractivity contribution in [3.63, 3.8) is 0 Å². The SMILES string of the molecule is Fc1cc(CC2(CBr)CCC2)ccc1Cl. The van der Waals surface area contributed by atoms with E-state index in [1.54, 1.807) is 12.1 Å². The predicted octanol–water partition coefficient (Wildman–Crippen LogP) is 4.59. The Kier molecular flexibility index (Phi) is 3.36. The van der Waals surface area contributed by atoms with E-state index in [4.69, 9.17) is 11.6 Å². The van der Waals surface area contributed by atoms with Crippen LogP contribution in [0.3, 0.4) is 0 Å². The van der Waals surface area contributed by atoms with Gasteiger partial charge in [-0.15, -0.1) is 0 Å². The fourth-order valence-corrected chi connectivity index (χ4v) is 2.99. The molecule has 0 amide bonds. The Hall–Kier alpha value is -0.0800. The zero-order valence-corrected chi connectivity index (χ0v) is 10.7. The minimum atomic E-state index is -0.307. The van der Waals surface area contributed by atoms with Crippen molar-refractivity contribution in [2.45, 2.75) is 25.7 Å². The zero-order valence-electron chi connectivity index (χ0n) is 8.40. The molecule has 0 heterocycles. The maximum atomic E-state index is 13.2. The molecule has 0 aliphatic heterocycles. The summed E-state index contributed by atoms with van der Waals surface area (Å²) >= 11 is 9.20. The summed E-state index contributed by atoms with van der Waals surface area (Å²) in [6, 6.07) is 5.13. The van der Waals surface area contributed by atoms with Crippen LogP contribution in [0.2, 0.25) is 5.02 Å². The second-order valence-electron chi connectivity index (χ2n) is 4.41. The van der Waals surface area contributed by atoms with E-state index >= 15 is 0 Å². The lowest BCUT2D eigenvalue weighted by Crippen LogP contribution is -2.33. The van der Waals surface area contributed by atoms with Crippen molar-refractivity contribution < 1.29 is 4.39 Å². The third-order valence-electron chi connectivity index (χ3n) is 3.26. The van der Waals surface area contributed by atoms with Crippen LogP contribution >= 0.6 is 27.5 Å². The number of rotatable bonds is 3. The quantitative estimate of drug-likeness (QED) is 0.715. The van der Waals surface area contributed by atoms with E-state index in [1.165, 1.54) is 19.3 Å². The van der Waals surface area contributed by atoms with E-state index < -0.39 is 0 Å². The summed E-state index contributed by atoms with van der Waals surface area (Å²) in [7, 11) is 0. The van der Waals surface area contributed by atoms with Crippen LogP contribution in [0, 0.1) is 11.2 Å². The second kappa shape index (κ2) is 4.42. The van der Waals surface area contributed by atoms with Crippen LogP contribution in [0.15, 0.2) is 18.2 Å². The molecule has 0 nitrogen and oxygen atoms in total. The Morgan fingerprint density at radius 3 is 2.60 bits per heavy atom. The van der Waals surface area contributed by atoms with Gasteiger partial charge in [0.25, 0.3) is 0 Å². The van der Waals surface area contributed by atoms with E-state index in [0.717, 1.165) is 17.3 Å². The fraction of sp³-hybridized carbons (Fsp3) is 0.500. The lowest BCUT2D eigenvalue weighted by molar-refractivity contribution is 0.170. The molecule has 0 N–H and O–H groups in total. The number of hydrogen-bond donors (Lipinski definition) is 0. The normalized spacial score (nSPS) is 18.6. The van der Waals surface area contributed by atoms with Crippen molar-refractivity contribution in [2.24, 2.45) is 5.41 Å². The fourth-order valence-electron chi connectivity index (χ4n) is 2.12. The standard InChI is InChI=1S/C12H13BrClF/c13-8-12(4-1-5-12)7-9-2-3-10(14)11(15)6-9/h2-3,6H,1,4-5,7-8H2. The van der Waals surface area contributed by atoms with Crippen LogP contribution in [0.5, 0.6) is 0 Å². The molecule has 0 aromatic heterocycles. The van der Waals surface area contributed by atoms with E-state index in [2.05, 4.69) is 15.9 Å². The van der Waals surface area contributed by atoms with Crippen LogP contribution < -0.4 is 0 Å². The third kappa shape index (κ3) is 2.36. The lowest BCUT2D eigenvalue weighted by Gasteiger charge is -2.40. The summed E-state index contributed by atoms with van der Waals surface area (Å²) in [6.45, 7) is 0. The van der Waals surface area contributed by atoms with Crippen molar-refractivity contribution in [3.05, 3.63) is 34.6 Å². The molecule has 0 unspecified atom stereocenters. The van der Waals surface area contributed by atoms with Crippen molar-refractivity contribution in [1.82, 2.24) is 0 Å². The summed E-state index contributed by atoms with van der Waals surface area (Å²) in [5.74, 6) is -0.307. The van der Waals surface area contributed by atoms with Crippen LogP contribution in [0.25, 0.3) is 0 Å². The molecule has 1 aliphatic rings. The molecule has 0 saturated heterocycles. The summed E-state index contributed by atoms with van der Waals surface area (Å²) in [5, 5.41) is 1.21. The van der Waals surface area contributed by atoms with Crippen molar-refractivity contribution in [2.75, 3.05) is 5.33 Å². The molecule has 0 atom stereocenters. The van der Waals surface area contributed by atoms with Crippen LogP contribution in [0.4, 0.5) is 4.39 Å². The monoisotopic (exact) mass is 290 g/mol. The van der Waals surface area contributed by atoms with Gasteiger partial charge in [-0.3, -0.25) is 0 Å². The highest BCUT2D eigenvalue weighted by molar-refractivity contribution is 9.09. The molecule has 1 saturated carbocycles. The molecule has 0 bridgehead atoms. The molecular formula is C12H13BrClF. The molecule has 0 radical (unpaired) electrons. The summed E-state index contributed by atoms with van der Waals surface area (Å²) in [5.41, 5.74) is 1.41. The van der Waals surface area contributed by atoms with Gasteiger partial charge in [0, 0.05) is 5.33 Å². The Morgan fingerprint density at radius 1 is 1.40 bits per heavy atom. The lowest BCUT2D eigenvalue weighted by atomic mass is 9.67. The minimum absolute atomic E-state index is 0.209. The highest BCUT2D eigenvalue weighted by atomic mass is 79.9. The number of halogens is 3. The Labute approximate surface area is 103 Å². The summed E-state index contributed by atoms with van der Waals surface area (Å²) in [4.78, 5) is 0. The summed E-state index contributed by atoms with van der Waals surface area (Å²) < 4.78 is 13.2. The third-order valence-corrected chi connectivity index (χ3v) is 4.76. The maximum Gasteiger partial charge on any atom is 0.142 e. The van der Waals surface area contributed by atoms with Gasteiger partial charge in [0.1, 0.15) is 5.82 Å². The molecule has 3 heteroatoms. The molecular weight excluding hydrogens is 278 g/mol. The van der Waals surface area contributed by atoms with E-state index in [1.807, 2.05) is 6.07 Å². The van der Waals surface area contributed by atoms with Gasteiger partial charge in [-0.25, -0.2) is 4.39 Å². The van der Waals surface area contributed by atoms with Crippen molar-refractivity contribution in [1.29, 1.82) is 0 Å². The summed E-state index contributed by atoms with van der Waals surface area (Å²) in [6.07, 6.45) is 4.72. The van der Waals surface area contributed by atoms with Gasteiger partial charge in [-0.2, -0.15) is 0 Å². The van der Waals surface area contributed by atoms with Crippen molar-refractivity contribution in [3.8, 4) is 0 Å². The predicted molar refractivity (Wildman–Crippen MR) is 65.2 cm³/mol. The van der Waals surface area contributed by atoms with E-state index in [9.17, 15) is 4.39 Å². The first kappa shape index (κ1) is 11.4. The first-order valence-electron chi connectivity index (χ1n) is 5.15.